The quantitative estimate of drug-likeness (QED) is 0.523. The molecule has 14 heteroatoms. The van der Waals surface area contributed by atoms with E-state index in [1.165, 1.54) is 39.2 Å². The van der Waals surface area contributed by atoms with Gasteiger partial charge in [-0.1, -0.05) is 17.7 Å². The first kappa shape index (κ1) is 26.6. The van der Waals surface area contributed by atoms with Crippen LogP contribution in [0.5, 0.6) is 0 Å². The Bertz CT molecular complexity index is 1180. The molecule has 2 rings (SSSR count). The summed E-state index contributed by atoms with van der Waals surface area (Å²) < 4.78 is 81.2. The molecule has 1 heterocycles. The zero-order valence-electron chi connectivity index (χ0n) is 17.7. The van der Waals surface area contributed by atoms with Crippen molar-refractivity contribution in [3.63, 3.8) is 0 Å². The number of allylic oxidation sites excluding steroid dienone is 1. The number of hydrogen-bond donors (Lipinski definition) is 2. The maximum atomic E-state index is 14.1. The highest BCUT2D eigenvalue weighted by Gasteiger charge is 2.38. The Morgan fingerprint density at radius 3 is 2.48 bits per heavy atom. The number of halogens is 5. The van der Waals surface area contributed by atoms with E-state index in [0.29, 0.717) is 5.56 Å². The Morgan fingerprint density at radius 1 is 1.33 bits per heavy atom. The molecule has 0 radical (unpaired) electrons. The summed E-state index contributed by atoms with van der Waals surface area (Å²) in [6.45, 7) is 0.352. The molecule has 182 valence electrons. The predicted molar refractivity (Wildman–Crippen MR) is 112 cm³/mol. The number of amides is 1. The number of aromatic nitrogens is 2. The van der Waals surface area contributed by atoms with Crippen LogP contribution in [0.15, 0.2) is 35.0 Å². The summed E-state index contributed by atoms with van der Waals surface area (Å²) in [7, 11) is -1.21. The molecule has 0 spiro atoms. The van der Waals surface area contributed by atoms with Crippen LogP contribution in [-0.2, 0) is 29.2 Å². The maximum Gasteiger partial charge on any atom is 0.435 e. The Kier molecular flexibility index (Phi) is 8.14. The minimum Gasteiger partial charge on any atom is -0.465 e. The highest BCUT2D eigenvalue weighted by Crippen LogP contribution is 2.35. The third-order valence-electron chi connectivity index (χ3n) is 4.61. The van der Waals surface area contributed by atoms with Gasteiger partial charge in [-0.05, 0) is 30.7 Å². The van der Waals surface area contributed by atoms with Gasteiger partial charge in [0.1, 0.15) is 10.7 Å². The number of carboxylic acid groups (broad SMARTS) is 1. The third kappa shape index (κ3) is 6.45. The smallest absolute Gasteiger partial charge is 0.435 e. The van der Waals surface area contributed by atoms with Gasteiger partial charge in [0.25, 0.3) is 0 Å². The Balaban J connectivity index is 2.40. The van der Waals surface area contributed by atoms with E-state index in [2.05, 4.69) is 5.10 Å². The van der Waals surface area contributed by atoms with Gasteiger partial charge < -0.3 is 10.4 Å². The molecule has 1 aromatic carbocycles. The van der Waals surface area contributed by atoms with Crippen molar-refractivity contribution in [1.82, 2.24) is 19.4 Å². The number of rotatable bonds is 8. The highest BCUT2D eigenvalue weighted by molar-refractivity contribution is 7.89. The van der Waals surface area contributed by atoms with Crippen molar-refractivity contribution in [2.45, 2.75) is 31.0 Å². The Hall–Kier alpha value is -2.64. The molecular weight excluding hydrogens is 492 g/mol. The SMILES string of the molecule is Cc1c(Cc2ccc(S(=O)(=O)N(C)C)c(Cl)c2)c(C(F)(F)F)nn1C/C(F)=C/CNC(=O)O. The normalized spacial score (nSPS) is 12.9. The van der Waals surface area contributed by atoms with E-state index in [-0.39, 0.29) is 34.1 Å². The first-order valence-electron chi connectivity index (χ1n) is 9.30. The molecule has 1 amide bonds. The van der Waals surface area contributed by atoms with Crippen molar-refractivity contribution in [3.8, 4) is 0 Å². The Labute approximate surface area is 192 Å². The van der Waals surface area contributed by atoms with Crippen molar-refractivity contribution in [3.05, 3.63) is 57.6 Å². The lowest BCUT2D eigenvalue weighted by Gasteiger charge is -2.14. The molecule has 0 atom stereocenters. The van der Waals surface area contributed by atoms with Crippen molar-refractivity contribution in [2.24, 2.45) is 0 Å². The van der Waals surface area contributed by atoms with E-state index in [1.807, 2.05) is 5.32 Å². The van der Waals surface area contributed by atoms with E-state index in [0.717, 1.165) is 15.1 Å². The minimum atomic E-state index is -4.83. The van der Waals surface area contributed by atoms with Gasteiger partial charge in [-0.15, -0.1) is 0 Å². The lowest BCUT2D eigenvalue weighted by Crippen LogP contribution is -2.22. The van der Waals surface area contributed by atoms with Crippen molar-refractivity contribution in [1.29, 1.82) is 0 Å². The van der Waals surface area contributed by atoms with E-state index >= 15 is 0 Å². The first-order valence-corrected chi connectivity index (χ1v) is 11.1. The van der Waals surface area contributed by atoms with Crippen LogP contribution in [-0.4, -0.2) is 54.3 Å². The first-order chi connectivity index (χ1) is 15.1. The second kappa shape index (κ2) is 10.1. The van der Waals surface area contributed by atoms with Crippen LogP contribution in [0.25, 0.3) is 0 Å². The third-order valence-corrected chi connectivity index (χ3v) is 6.91. The molecule has 0 aliphatic rings. The van der Waals surface area contributed by atoms with Gasteiger partial charge in [-0.25, -0.2) is 21.9 Å². The largest absolute Gasteiger partial charge is 0.465 e. The van der Waals surface area contributed by atoms with Gasteiger partial charge in [0, 0.05) is 38.3 Å². The molecule has 1 aromatic heterocycles. The number of sulfonamides is 1. The summed E-state index contributed by atoms with van der Waals surface area (Å²) in [6.07, 6.45) is -5.60. The summed E-state index contributed by atoms with van der Waals surface area (Å²) in [5, 5.41) is 13.7. The standard InChI is InChI=1S/C19H21ClF4N4O4S/c1-11-14(8-12-4-5-16(15(20)9-12)33(31,32)27(2)3)17(19(22,23)24)26-28(11)10-13(21)6-7-25-18(29)30/h4-6,9,25H,7-8,10H2,1-3H3,(H,29,30)/b13-6-. The molecule has 8 nitrogen and oxygen atoms in total. The lowest BCUT2D eigenvalue weighted by molar-refractivity contribution is -0.142. The second-order valence-corrected chi connectivity index (χ2v) is 9.66. The fourth-order valence-electron chi connectivity index (χ4n) is 2.90. The van der Waals surface area contributed by atoms with Crippen LogP contribution in [0.4, 0.5) is 22.4 Å². The van der Waals surface area contributed by atoms with Gasteiger partial charge in [-0.2, -0.15) is 18.3 Å². The highest BCUT2D eigenvalue weighted by atomic mass is 35.5. The molecule has 0 bridgehead atoms. The van der Waals surface area contributed by atoms with Crippen LogP contribution >= 0.6 is 11.6 Å². The van der Waals surface area contributed by atoms with E-state index in [4.69, 9.17) is 16.7 Å². The average Bonchev–Trinajstić information content (AvgIpc) is 2.97. The molecule has 0 saturated carbocycles. The van der Waals surface area contributed by atoms with E-state index in [1.54, 1.807) is 0 Å². The molecule has 0 saturated heterocycles. The summed E-state index contributed by atoms with van der Waals surface area (Å²) in [6, 6.07) is 3.81. The number of hydrogen-bond acceptors (Lipinski definition) is 4. The van der Waals surface area contributed by atoms with Crippen LogP contribution in [0.3, 0.4) is 0 Å². The summed E-state index contributed by atoms with van der Waals surface area (Å²) in [4.78, 5) is 10.2. The molecular formula is C19H21ClF4N4O4S. The topological polar surface area (TPSA) is 105 Å². The average molecular weight is 513 g/mol. The molecule has 0 unspecified atom stereocenters. The maximum absolute atomic E-state index is 14.1. The zero-order valence-corrected chi connectivity index (χ0v) is 19.3. The number of carbonyl (C=O) groups is 1. The number of benzene rings is 1. The van der Waals surface area contributed by atoms with Gasteiger partial charge in [0.05, 0.1) is 11.6 Å². The molecule has 2 aromatic rings. The molecule has 2 N–H and O–H groups in total. The van der Waals surface area contributed by atoms with E-state index < -0.39 is 40.4 Å². The Morgan fingerprint density at radius 2 is 1.97 bits per heavy atom. The number of alkyl halides is 3. The van der Waals surface area contributed by atoms with Gasteiger partial charge in [0.2, 0.25) is 10.0 Å². The summed E-state index contributed by atoms with van der Waals surface area (Å²) in [5.41, 5.74) is -1.10. The number of nitrogens with one attached hydrogen (secondary N) is 1. The van der Waals surface area contributed by atoms with Crippen LogP contribution in [0.2, 0.25) is 5.02 Å². The molecule has 0 aliphatic carbocycles. The fourth-order valence-corrected chi connectivity index (χ4v) is 4.33. The summed E-state index contributed by atoms with van der Waals surface area (Å²) in [5.74, 6) is -0.879. The predicted octanol–water partition coefficient (Wildman–Crippen LogP) is 3.83. The molecule has 0 fully saturated rings. The molecule has 33 heavy (non-hydrogen) atoms. The van der Waals surface area contributed by atoms with Gasteiger partial charge >= 0.3 is 12.3 Å². The van der Waals surface area contributed by atoms with E-state index in [9.17, 15) is 30.8 Å². The number of nitrogens with zero attached hydrogens (tertiary/aromatic N) is 3. The zero-order chi connectivity index (χ0) is 25.1. The van der Waals surface area contributed by atoms with Gasteiger partial charge in [-0.3, -0.25) is 4.68 Å². The lowest BCUT2D eigenvalue weighted by atomic mass is 10.0. The monoisotopic (exact) mass is 512 g/mol. The van der Waals surface area contributed by atoms with Crippen LogP contribution in [0, 0.1) is 6.92 Å². The second-order valence-electron chi connectivity index (χ2n) is 7.13. The minimum absolute atomic E-state index is 0.0400. The fraction of sp³-hybridized carbons (Fsp3) is 0.368. The van der Waals surface area contributed by atoms with Gasteiger partial charge in [0.15, 0.2) is 5.69 Å². The van der Waals surface area contributed by atoms with Crippen molar-refractivity contribution in [2.75, 3.05) is 20.6 Å². The van der Waals surface area contributed by atoms with Crippen molar-refractivity contribution >= 4 is 27.7 Å². The molecule has 0 aliphatic heterocycles. The summed E-state index contributed by atoms with van der Waals surface area (Å²) >= 11 is 6.08. The van der Waals surface area contributed by atoms with Crippen molar-refractivity contribution < 1.29 is 35.9 Å². The van der Waals surface area contributed by atoms with Crippen LogP contribution in [0.1, 0.15) is 22.5 Å². The van der Waals surface area contributed by atoms with Crippen LogP contribution < -0.4 is 5.32 Å².